The maximum atomic E-state index is 5.80. The molecule has 0 aliphatic heterocycles. The van der Waals surface area contributed by atoms with Crippen molar-refractivity contribution in [1.29, 1.82) is 0 Å². The van der Waals surface area contributed by atoms with Gasteiger partial charge in [-0.15, -0.1) is 0 Å². The van der Waals surface area contributed by atoms with Crippen molar-refractivity contribution >= 4 is 29.2 Å². The van der Waals surface area contributed by atoms with Gasteiger partial charge in [0.15, 0.2) is 0 Å². The van der Waals surface area contributed by atoms with Crippen LogP contribution in [0.25, 0.3) is 0 Å². The summed E-state index contributed by atoms with van der Waals surface area (Å²) < 4.78 is 0. The Morgan fingerprint density at radius 3 is 2.39 bits per heavy atom. The molecule has 1 aromatic rings. The minimum atomic E-state index is 0.157. The van der Waals surface area contributed by atoms with Gasteiger partial charge in [-0.25, -0.2) is 0 Å². The molecule has 3 atom stereocenters. The van der Waals surface area contributed by atoms with Gasteiger partial charge in [0.25, 0.3) is 0 Å². The van der Waals surface area contributed by atoms with E-state index in [2.05, 4.69) is 15.0 Å². The zero-order valence-electron chi connectivity index (χ0n) is 10.3. The van der Waals surface area contributed by atoms with Crippen molar-refractivity contribution in [2.24, 2.45) is 17.8 Å². The van der Waals surface area contributed by atoms with Gasteiger partial charge in [0.2, 0.25) is 16.5 Å². The van der Waals surface area contributed by atoms with E-state index in [4.69, 9.17) is 23.2 Å². The van der Waals surface area contributed by atoms with Crippen LogP contribution in [0.1, 0.15) is 25.7 Å². The van der Waals surface area contributed by atoms with Gasteiger partial charge in [0.1, 0.15) is 0 Å². The highest BCUT2D eigenvalue weighted by Gasteiger charge is 2.39. The monoisotopic (exact) mass is 286 g/mol. The van der Waals surface area contributed by atoms with Gasteiger partial charge in [0, 0.05) is 13.6 Å². The van der Waals surface area contributed by atoms with Crippen LogP contribution in [-0.4, -0.2) is 28.5 Å². The first kappa shape index (κ1) is 12.4. The van der Waals surface area contributed by atoms with Crippen molar-refractivity contribution in [3.8, 4) is 0 Å². The first-order valence-electron chi connectivity index (χ1n) is 6.40. The maximum Gasteiger partial charge on any atom is 0.230 e. The van der Waals surface area contributed by atoms with Gasteiger partial charge in [-0.2, -0.15) is 15.0 Å². The van der Waals surface area contributed by atoms with Crippen LogP contribution in [0.5, 0.6) is 0 Å². The first-order chi connectivity index (χ1) is 8.61. The maximum absolute atomic E-state index is 5.80. The van der Waals surface area contributed by atoms with E-state index in [-0.39, 0.29) is 10.6 Å². The van der Waals surface area contributed by atoms with E-state index in [1.807, 2.05) is 11.9 Å². The smallest absolute Gasteiger partial charge is 0.230 e. The summed E-state index contributed by atoms with van der Waals surface area (Å²) in [6.07, 6.45) is 5.58. The number of anilines is 1. The molecule has 0 radical (unpaired) electrons. The number of aromatic nitrogens is 3. The fraction of sp³-hybridized carbons (Fsp3) is 0.750. The second kappa shape index (κ2) is 4.82. The zero-order chi connectivity index (χ0) is 12.7. The van der Waals surface area contributed by atoms with Crippen molar-refractivity contribution < 1.29 is 0 Å². The Morgan fingerprint density at radius 2 is 1.83 bits per heavy atom. The van der Waals surface area contributed by atoms with Gasteiger partial charge >= 0.3 is 0 Å². The number of fused-ring (bicyclic) bond motifs is 2. The third-order valence-electron chi connectivity index (χ3n) is 4.30. The predicted octanol–water partition coefficient (Wildman–Crippen LogP) is 3.05. The fourth-order valence-corrected chi connectivity index (χ4v) is 3.87. The number of hydrogen-bond acceptors (Lipinski definition) is 4. The van der Waals surface area contributed by atoms with E-state index in [1.165, 1.54) is 25.7 Å². The summed E-state index contributed by atoms with van der Waals surface area (Å²) in [5.41, 5.74) is 0. The average Bonchev–Trinajstić information content (AvgIpc) is 2.89. The summed E-state index contributed by atoms with van der Waals surface area (Å²) in [6, 6.07) is 0. The van der Waals surface area contributed by atoms with Crippen LogP contribution in [0.3, 0.4) is 0 Å². The summed E-state index contributed by atoms with van der Waals surface area (Å²) in [6.45, 7) is 0.984. The molecular weight excluding hydrogens is 271 g/mol. The Kier molecular flexibility index (Phi) is 3.32. The van der Waals surface area contributed by atoms with Crippen molar-refractivity contribution in [3.05, 3.63) is 10.6 Å². The Labute approximate surface area is 117 Å². The SMILES string of the molecule is CN(CC1CC2CCC1C2)c1nc(Cl)nc(Cl)n1. The summed E-state index contributed by atoms with van der Waals surface area (Å²) in [7, 11) is 1.99. The first-order valence-corrected chi connectivity index (χ1v) is 7.15. The molecule has 3 rings (SSSR count). The molecule has 1 heterocycles. The molecule has 98 valence electrons. The van der Waals surface area contributed by atoms with Crippen LogP contribution >= 0.6 is 23.2 Å². The van der Waals surface area contributed by atoms with Crippen molar-refractivity contribution in [1.82, 2.24) is 15.0 Å². The molecule has 2 saturated carbocycles. The van der Waals surface area contributed by atoms with Crippen LogP contribution in [0.15, 0.2) is 0 Å². The molecule has 0 spiro atoms. The number of halogens is 2. The molecule has 0 N–H and O–H groups in total. The Hall–Kier alpha value is -0.610. The lowest BCUT2D eigenvalue weighted by Gasteiger charge is -2.27. The topological polar surface area (TPSA) is 41.9 Å². The zero-order valence-corrected chi connectivity index (χ0v) is 11.8. The molecule has 2 aliphatic carbocycles. The molecule has 18 heavy (non-hydrogen) atoms. The van der Waals surface area contributed by atoms with Crippen molar-refractivity contribution in [3.63, 3.8) is 0 Å². The van der Waals surface area contributed by atoms with Crippen LogP contribution < -0.4 is 4.90 Å². The molecule has 2 aliphatic rings. The number of nitrogens with zero attached hydrogens (tertiary/aromatic N) is 4. The Balaban J connectivity index is 1.69. The summed E-state index contributed by atoms with van der Waals surface area (Å²) >= 11 is 11.6. The highest BCUT2D eigenvalue weighted by atomic mass is 35.5. The van der Waals surface area contributed by atoms with E-state index < -0.39 is 0 Å². The molecule has 1 aromatic heterocycles. The van der Waals surface area contributed by atoms with Crippen LogP contribution in [0.2, 0.25) is 10.6 Å². The van der Waals surface area contributed by atoms with Crippen LogP contribution in [-0.2, 0) is 0 Å². The van der Waals surface area contributed by atoms with Crippen molar-refractivity contribution in [2.75, 3.05) is 18.5 Å². The van der Waals surface area contributed by atoms with E-state index in [9.17, 15) is 0 Å². The van der Waals surface area contributed by atoms with Gasteiger partial charge in [0.05, 0.1) is 0 Å². The highest BCUT2D eigenvalue weighted by molar-refractivity contribution is 6.31. The highest BCUT2D eigenvalue weighted by Crippen LogP contribution is 2.48. The number of rotatable bonds is 3. The fourth-order valence-electron chi connectivity index (χ4n) is 3.52. The quantitative estimate of drug-likeness (QED) is 0.857. The molecule has 0 saturated heterocycles. The van der Waals surface area contributed by atoms with E-state index in [1.54, 1.807) is 0 Å². The normalized spacial score (nSPS) is 29.8. The minimum Gasteiger partial charge on any atom is -0.343 e. The molecule has 0 amide bonds. The summed E-state index contributed by atoms with van der Waals surface area (Å²) in [5.74, 6) is 3.19. The molecule has 2 bridgehead atoms. The van der Waals surface area contributed by atoms with E-state index >= 15 is 0 Å². The third-order valence-corrected chi connectivity index (χ3v) is 4.64. The predicted molar refractivity (Wildman–Crippen MR) is 72.1 cm³/mol. The summed E-state index contributed by atoms with van der Waals surface area (Å²) in [5, 5.41) is 0.314. The Morgan fingerprint density at radius 1 is 1.11 bits per heavy atom. The molecular formula is C12H16Cl2N4. The minimum absolute atomic E-state index is 0.157. The molecule has 3 unspecified atom stereocenters. The average molecular weight is 287 g/mol. The number of hydrogen-bond donors (Lipinski definition) is 0. The standard InChI is InChI=1S/C12H16Cl2N4/c1-18(12-16-10(13)15-11(14)17-12)6-9-5-7-2-3-8(9)4-7/h7-9H,2-6H2,1H3. The van der Waals surface area contributed by atoms with Gasteiger partial charge in [-0.05, 0) is 60.2 Å². The van der Waals surface area contributed by atoms with E-state index in [0.29, 0.717) is 5.95 Å². The lowest BCUT2D eigenvalue weighted by atomic mass is 9.88. The van der Waals surface area contributed by atoms with Gasteiger partial charge in [-0.3, -0.25) is 0 Å². The molecule has 2 fully saturated rings. The Bertz CT molecular complexity index is 433. The van der Waals surface area contributed by atoms with Crippen LogP contribution in [0.4, 0.5) is 5.95 Å². The van der Waals surface area contributed by atoms with Gasteiger partial charge < -0.3 is 4.90 Å². The lowest BCUT2D eigenvalue weighted by Crippen LogP contribution is -2.30. The largest absolute Gasteiger partial charge is 0.343 e. The third kappa shape index (κ3) is 2.41. The second-order valence-electron chi connectivity index (χ2n) is 5.49. The van der Waals surface area contributed by atoms with Gasteiger partial charge in [-0.1, -0.05) is 6.42 Å². The molecule has 0 aromatic carbocycles. The lowest BCUT2D eigenvalue weighted by molar-refractivity contribution is 0.336. The van der Waals surface area contributed by atoms with Crippen molar-refractivity contribution in [2.45, 2.75) is 25.7 Å². The molecule has 6 heteroatoms. The second-order valence-corrected chi connectivity index (χ2v) is 6.17. The van der Waals surface area contributed by atoms with Crippen LogP contribution in [0, 0.1) is 17.8 Å². The molecule has 4 nitrogen and oxygen atoms in total. The summed E-state index contributed by atoms with van der Waals surface area (Å²) in [4.78, 5) is 14.1. The van der Waals surface area contributed by atoms with E-state index in [0.717, 1.165) is 24.3 Å².